The summed E-state index contributed by atoms with van der Waals surface area (Å²) in [6.07, 6.45) is 6.51. The van der Waals surface area contributed by atoms with Crippen molar-refractivity contribution >= 4 is 5.91 Å². The lowest BCUT2D eigenvalue weighted by atomic mass is 9.71. The van der Waals surface area contributed by atoms with Crippen molar-refractivity contribution in [3.63, 3.8) is 0 Å². The first-order chi connectivity index (χ1) is 9.10. The molecule has 1 saturated heterocycles. The molecule has 2 heterocycles. The topological polar surface area (TPSA) is 69.2 Å². The zero-order chi connectivity index (χ0) is 13.5. The van der Waals surface area contributed by atoms with Crippen LogP contribution in [0, 0.1) is 12.8 Å². The van der Waals surface area contributed by atoms with E-state index in [1.807, 2.05) is 11.8 Å². The lowest BCUT2D eigenvalue weighted by Gasteiger charge is -2.47. The molecule has 2 fully saturated rings. The van der Waals surface area contributed by atoms with Crippen LogP contribution in [0.15, 0.2) is 6.20 Å². The summed E-state index contributed by atoms with van der Waals surface area (Å²) in [4.78, 5) is 14.3. The van der Waals surface area contributed by atoms with Crippen LogP contribution in [0.4, 0.5) is 0 Å². The Kier molecular flexibility index (Phi) is 3.09. The Hall–Kier alpha value is -1.36. The zero-order valence-corrected chi connectivity index (χ0v) is 11.4. The summed E-state index contributed by atoms with van der Waals surface area (Å²) in [5, 5.41) is 17.3. The van der Waals surface area contributed by atoms with Gasteiger partial charge < -0.3 is 10.0 Å². The third kappa shape index (κ3) is 2.16. The van der Waals surface area contributed by atoms with Crippen LogP contribution in [0.3, 0.4) is 0 Å². The maximum absolute atomic E-state index is 12.4. The monoisotopic (exact) mass is 263 g/mol. The number of hydrogen-bond acceptors (Lipinski definition) is 3. The lowest BCUT2D eigenvalue weighted by molar-refractivity contribution is -0.0886. The summed E-state index contributed by atoms with van der Waals surface area (Å²) in [6.45, 7) is 3.19. The zero-order valence-electron chi connectivity index (χ0n) is 11.4. The van der Waals surface area contributed by atoms with Crippen molar-refractivity contribution in [2.75, 3.05) is 13.1 Å². The summed E-state index contributed by atoms with van der Waals surface area (Å²) in [6, 6.07) is 0. The second-order valence-corrected chi connectivity index (χ2v) is 5.96. The van der Waals surface area contributed by atoms with E-state index < -0.39 is 5.60 Å². The Balaban J connectivity index is 1.74. The van der Waals surface area contributed by atoms with Crippen LogP contribution in [-0.4, -0.2) is 44.8 Å². The second kappa shape index (κ2) is 4.63. The molecule has 2 unspecified atom stereocenters. The van der Waals surface area contributed by atoms with Gasteiger partial charge in [0.25, 0.3) is 5.91 Å². The molecule has 0 aromatic carbocycles. The van der Waals surface area contributed by atoms with E-state index in [0.29, 0.717) is 25.1 Å². The number of aryl methyl sites for hydroxylation is 1. The van der Waals surface area contributed by atoms with Crippen LogP contribution < -0.4 is 0 Å². The number of amides is 1. The molecular formula is C14H21N3O2. The summed E-state index contributed by atoms with van der Waals surface area (Å²) in [7, 11) is 0. The molecule has 0 bridgehead atoms. The van der Waals surface area contributed by atoms with E-state index in [9.17, 15) is 9.90 Å². The fraction of sp³-hybridized carbons (Fsp3) is 0.714. The SMILES string of the molecule is Cc1[nH]ncc1C(=O)N1CCC2(O)CCCCC2C1. The van der Waals surface area contributed by atoms with E-state index in [1.165, 1.54) is 6.42 Å². The summed E-state index contributed by atoms with van der Waals surface area (Å²) in [5.74, 6) is 0.282. The molecule has 5 nitrogen and oxygen atoms in total. The van der Waals surface area contributed by atoms with Gasteiger partial charge >= 0.3 is 0 Å². The van der Waals surface area contributed by atoms with Crippen LogP contribution in [-0.2, 0) is 0 Å². The number of rotatable bonds is 1. The van der Waals surface area contributed by atoms with Crippen molar-refractivity contribution in [1.82, 2.24) is 15.1 Å². The molecule has 1 aromatic heterocycles. The van der Waals surface area contributed by atoms with Gasteiger partial charge in [0.05, 0.1) is 17.4 Å². The Morgan fingerprint density at radius 2 is 2.37 bits per heavy atom. The van der Waals surface area contributed by atoms with E-state index >= 15 is 0 Å². The number of piperidine rings is 1. The van der Waals surface area contributed by atoms with Gasteiger partial charge in [-0.15, -0.1) is 0 Å². The number of carbonyl (C=O) groups excluding carboxylic acids is 1. The summed E-state index contributed by atoms with van der Waals surface area (Å²) >= 11 is 0. The molecule has 1 aliphatic heterocycles. The molecule has 1 amide bonds. The van der Waals surface area contributed by atoms with Gasteiger partial charge in [0.2, 0.25) is 0 Å². The van der Waals surface area contributed by atoms with Gasteiger partial charge in [-0.1, -0.05) is 12.8 Å². The number of hydrogen-bond donors (Lipinski definition) is 2. The summed E-state index contributed by atoms with van der Waals surface area (Å²) in [5.41, 5.74) is 0.941. The van der Waals surface area contributed by atoms with Crippen molar-refractivity contribution in [3.05, 3.63) is 17.5 Å². The molecule has 19 heavy (non-hydrogen) atoms. The standard InChI is InChI=1S/C14H21N3O2/c1-10-12(8-15-16-10)13(18)17-7-6-14(19)5-3-2-4-11(14)9-17/h8,11,19H,2-7,9H2,1H3,(H,15,16). The highest BCUT2D eigenvalue weighted by Crippen LogP contribution is 2.40. The molecule has 1 aliphatic carbocycles. The molecule has 1 aromatic rings. The summed E-state index contributed by atoms with van der Waals surface area (Å²) < 4.78 is 0. The van der Waals surface area contributed by atoms with Crippen LogP contribution in [0.1, 0.15) is 48.2 Å². The molecular weight excluding hydrogens is 242 g/mol. The third-order valence-electron chi connectivity index (χ3n) is 4.78. The third-order valence-corrected chi connectivity index (χ3v) is 4.78. The molecule has 104 valence electrons. The number of nitrogens with one attached hydrogen (secondary N) is 1. The number of fused-ring (bicyclic) bond motifs is 1. The molecule has 0 spiro atoms. The minimum atomic E-state index is -0.527. The molecule has 1 saturated carbocycles. The largest absolute Gasteiger partial charge is 0.389 e. The Morgan fingerprint density at radius 1 is 1.53 bits per heavy atom. The van der Waals surface area contributed by atoms with Crippen molar-refractivity contribution in [3.8, 4) is 0 Å². The minimum Gasteiger partial charge on any atom is -0.389 e. The number of aromatic amines is 1. The number of nitrogens with zero attached hydrogens (tertiary/aromatic N) is 2. The smallest absolute Gasteiger partial charge is 0.257 e. The van der Waals surface area contributed by atoms with Crippen molar-refractivity contribution in [2.24, 2.45) is 5.92 Å². The van der Waals surface area contributed by atoms with Crippen molar-refractivity contribution < 1.29 is 9.90 Å². The Labute approximate surface area is 113 Å². The fourth-order valence-electron chi connectivity index (χ4n) is 3.49. The Bertz CT molecular complexity index is 485. The van der Waals surface area contributed by atoms with E-state index in [2.05, 4.69) is 10.2 Å². The fourth-order valence-corrected chi connectivity index (χ4v) is 3.49. The van der Waals surface area contributed by atoms with Crippen LogP contribution >= 0.6 is 0 Å². The Morgan fingerprint density at radius 3 is 3.11 bits per heavy atom. The van der Waals surface area contributed by atoms with Crippen molar-refractivity contribution in [1.29, 1.82) is 0 Å². The van der Waals surface area contributed by atoms with E-state index in [0.717, 1.165) is 25.0 Å². The molecule has 2 N–H and O–H groups in total. The minimum absolute atomic E-state index is 0.0406. The number of aliphatic hydroxyl groups is 1. The van der Waals surface area contributed by atoms with Gasteiger partial charge in [0.15, 0.2) is 0 Å². The predicted octanol–water partition coefficient (Wildman–Crippen LogP) is 1.49. The van der Waals surface area contributed by atoms with E-state index in [4.69, 9.17) is 0 Å². The van der Waals surface area contributed by atoms with Gasteiger partial charge in [-0.05, 0) is 26.2 Å². The molecule has 5 heteroatoms. The van der Waals surface area contributed by atoms with Crippen LogP contribution in [0.5, 0.6) is 0 Å². The van der Waals surface area contributed by atoms with Gasteiger partial charge in [-0.25, -0.2) is 0 Å². The van der Waals surface area contributed by atoms with Crippen LogP contribution in [0.2, 0.25) is 0 Å². The average Bonchev–Trinajstić information content (AvgIpc) is 2.83. The maximum Gasteiger partial charge on any atom is 0.257 e. The average molecular weight is 263 g/mol. The molecule has 2 aliphatic rings. The van der Waals surface area contributed by atoms with Crippen LogP contribution in [0.25, 0.3) is 0 Å². The van der Waals surface area contributed by atoms with Gasteiger partial charge in [0, 0.05) is 24.7 Å². The highest BCUT2D eigenvalue weighted by Gasteiger charge is 2.43. The van der Waals surface area contributed by atoms with E-state index in [-0.39, 0.29) is 11.8 Å². The quantitative estimate of drug-likeness (QED) is 0.806. The van der Waals surface area contributed by atoms with Gasteiger partial charge in [-0.2, -0.15) is 5.10 Å². The normalized spacial score (nSPS) is 31.1. The molecule has 2 atom stereocenters. The van der Waals surface area contributed by atoms with Crippen molar-refractivity contribution in [2.45, 2.75) is 44.6 Å². The highest BCUT2D eigenvalue weighted by atomic mass is 16.3. The molecule has 3 rings (SSSR count). The number of H-pyrrole nitrogens is 1. The first-order valence-corrected chi connectivity index (χ1v) is 7.12. The molecule has 0 radical (unpaired) electrons. The predicted molar refractivity (Wildman–Crippen MR) is 70.8 cm³/mol. The lowest BCUT2D eigenvalue weighted by Crippen LogP contribution is -2.54. The van der Waals surface area contributed by atoms with Gasteiger partial charge in [-0.3, -0.25) is 9.89 Å². The number of likely N-dealkylation sites (tertiary alicyclic amines) is 1. The maximum atomic E-state index is 12.4. The first kappa shape index (κ1) is 12.7. The van der Waals surface area contributed by atoms with Gasteiger partial charge in [0.1, 0.15) is 0 Å². The van der Waals surface area contributed by atoms with E-state index in [1.54, 1.807) is 6.20 Å². The number of aromatic nitrogens is 2. The highest BCUT2D eigenvalue weighted by molar-refractivity contribution is 5.95. The first-order valence-electron chi connectivity index (χ1n) is 7.12. The number of carbonyl (C=O) groups is 1. The second-order valence-electron chi connectivity index (χ2n) is 5.96.